The monoisotopic (exact) mass is 479 g/mol. The number of piperazine rings is 1. The summed E-state index contributed by atoms with van der Waals surface area (Å²) < 4.78 is 5.59. The summed E-state index contributed by atoms with van der Waals surface area (Å²) in [6, 6.07) is 14.8. The van der Waals surface area contributed by atoms with Crippen LogP contribution < -0.4 is 10.6 Å². The van der Waals surface area contributed by atoms with Gasteiger partial charge in [0.15, 0.2) is 0 Å². The molecule has 0 radical (unpaired) electrons. The molecule has 0 aromatic heterocycles. The van der Waals surface area contributed by atoms with Gasteiger partial charge in [-0.3, -0.25) is 14.4 Å². The zero-order valence-electron chi connectivity index (χ0n) is 19.7. The van der Waals surface area contributed by atoms with Crippen LogP contribution in [-0.2, 0) is 19.1 Å². The molecule has 0 spiro atoms. The number of hydrogen-bond acceptors (Lipinski definition) is 5. The van der Waals surface area contributed by atoms with Crippen LogP contribution in [0.2, 0.25) is 0 Å². The van der Waals surface area contributed by atoms with E-state index in [1.54, 1.807) is 13.8 Å². The van der Waals surface area contributed by atoms with Crippen LogP contribution in [0.25, 0.3) is 11.1 Å². The Kier molecular flexibility index (Phi) is 6.77. The summed E-state index contributed by atoms with van der Waals surface area (Å²) >= 11 is 0. The van der Waals surface area contributed by atoms with Crippen LogP contribution in [-0.4, -0.2) is 65.2 Å². The molecule has 3 amide bonds. The van der Waals surface area contributed by atoms with Gasteiger partial charge in [-0.1, -0.05) is 55.5 Å². The van der Waals surface area contributed by atoms with Crippen LogP contribution in [0, 0.1) is 0 Å². The Morgan fingerprint density at radius 2 is 1.71 bits per heavy atom. The van der Waals surface area contributed by atoms with Gasteiger partial charge in [-0.15, -0.1) is 0 Å². The molecule has 3 N–H and O–H groups in total. The number of nitrogens with one attached hydrogen (secondary N) is 2. The number of carbonyl (C=O) groups is 4. The lowest BCUT2D eigenvalue weighted by atomic mass is 9.94. The van der Waals surface area contributed by atoms with Crippen molar-refractivity contribution in [2.75, 3.05) is 19.7 Å². The average Bonchev–Trinajstić information content (AvgIpc) is 3.17. The third-order valence-electron chi connectivity index (χ3n) is 6.86. The lowest BCUT2D eigenvalue weighted by molar-refractivity contribution is -0.151. The molecule has 2 aromatic rings. The maximum absolute atomic E-state index is 13.4. The molecule has 9 nitrogen and oxygen atoms in total. The first kappa shape index (κ1) is 24.3. The molecule has 2 aromatic carbocycles. The lowest BCUT2D eigenvalue weighted by Crippen LogP contribution is -2.65. The number of nitrogens with zero attached hydrogens (tertiary/aromatic N) is 1. The van der Waals surface area contributed by atoms with E-state index in [2.05, 4.69) is 10.6 Å². The Morgan fingerprint density at radius 3 is 2.29 bits per heavy atom. The first-order valence-electron chi connectivity index (χ1n) is 11.7. The largest absolute Gasteiger partial charge is 0.481 e. The summed E-state index contributed by atoms with van der Waals surface area (Å²) in [6.45, 7) is 3.76. The number of alkyl carbamates (subject to hydrolysis) is 1. The topological polar surface area (TPSA) is 125 Å². The summed E-state index contributed by atoms with van der Waals surface area (Å²) in [7, 11) is 0. The second kappa shape index (κ2) is 9.77. The SMILES string of the molecule is CCC(C)(NC(=O)OCC1c2ccccc2-c2ccccc21)C(=O)N1CCNC(=O)C1CC(=O)O. The molecule has 1 saturated heterocycles. The summed E-state index contributed by atoms with van der Waals surface area (Å²) in [5, 5.41) is 14.5. The van der Waals surface area contributed by atoms with Crippen LogP contribution >= 0.6 is 0 Å². The maximum Gasteiger partial charge on any atom is 0.408 e. The van der Waals surface area contributed by atoms with Crippen molar-refractivity contribution in [2.24, 2.45) is 0 Å². The van der Waals surface area contributed by atoms with Gasteiger partial charge in [-0.25, -0.2) is 4.79 Å². The van der Waals surface area contributed by atoms with E-state index >= 15 is 0 Å². The van der Waals surface area contributed by atoms with Crippen molar-refractivity contribution in [3.8, 4) is 11.1 Å². The number of fused-ring (bicyclic) bond motifs is 3. The first-order valence-corrected chi connectivity index (χ1v) is 11.7. The molecule has 0 saturated carbocycles. The molecule has 2 aliphatic rings. The van der Waals surface area contributed by atoms with E-state index in [0.717, 1.165) is 22.3 Å². The summed E-state index contributed by atoms with van der Waals surface area (Å²) in [5.41, 5.74) is 3.01. The number of amides is 3. The summed E-state index contributed by atoms with van der Waals surface area (Å²) in [5.74, 6) is -2.35. The maximum atomic E-state index is 13.4. The fourth-order valence-corrected chi connectivity index (χ4v) is 4.80. The van der Waals surface area contributed by atoms with Crippen molar-refractivity contribution >= 4 is 23.9 Å². The molecular weight excluding hydrogens is 450 g/mol. The van der Waals surface area contributed by atoms with E-state index in [9.17, 15) is 24.3 Å². The fourth-order valence-electron chi connectivity index (χ4n) is 4.80. The molecule has 2 unspecified atom stereocenters. The third kappa shape index (κ3) is 4.71. The van der Waals surface area contributed by atoms with Gasteiger partial charge in [-0.2, -0.15) is 0 Å². The van der Waals surface area contributed by atoms with Crippen LogP contribution in [0.3, 0.4) is 0 Å². The van der Waals surface area contributed by atoms with Gasteiger partial charge >= 0.3 is 12.1 Å². The minimum Gasteiger partial charge on any atom is -0.481 e. The molecule has 0 bridgehead atoms. The van der Waals surface area contributed by atoms with Crippen LogP contribution in [0.4, 0.5) is 4.79 Å². The number of rotatable bonds is 7. The van der Waals surface area contributed by atoms with Crippen LogP contribution in [0.1, 0.15) is 43.7 Å². The van der Waals surface area contributed by atoms with Crippen molar-refractivity contribution in [3.63, 3.8) is 0 Å². The van der Waals surface area contributed by atoms with Gasteiger partial charge in [0.1, 0.15) is 18.2 Å². The number of hydrogen-bond donors (Lipinski definition) is 3. The predicted octanol–water partition coefficient (Wildman–Crippen LogP) is 2.50. The van der Waals surface area contributed by atoms with Gasteiger partial charge in [-0.05, 0) is 35.6 Å². The molecular formula is C26H29N3O6. The quantitative estimate of drug-likeness (QED) is 0.560. The molecule has 35 heavy (non-hydrogen) atoms. The Balaban J connectivity index is 1.46. The smallest absolute Gasteiger partial charge is 0.408 e. The number of ether oxygens (including phenoxy) is 1. The van der Waals surface area contributed by atoms with Crippen LogP contribution in [0.5, 0.6) is 0 Å². The molecule has 9 heteroatoms. The molecule has 1 fully saturated rings. The molecule has 1 aliphatic heterocycles. The van der Waals surface area contributed by atoms with Gasteiger partial charge < -0.3 is 25.4 Å². The van der Waals surface area contributed by atoms with Gasteiger partial charge in [0.2, 0.25) is 11.8 Å². The Labute approximate surface area is 203 Å². The summed E-state index contributed by atoms with van der Waals surface area (Å²) in [4.78, 5) is 51.0. The van der Waals surface area contributed by atoms with Crippen molar-refractivity contribution in [2.45, 2.75) is 44.2 Å². The van der Waals surface area contributed by atoms with E-state index in [4.69, 9.17) is 4.74 Å². The van der Waals surface area contributed by atoms with Crippen molar-refractivity contribution in [3.05, 3.63) is 59.7 Å². The van der Waals surface area contributed by atoms with Crippen molar-refractivity contribution in [1.82, 2.24) is 15.5 Å². The lowest BCUT2D eigenvalue weighted by Gasteiger charge is -2.40. The number of benzene rings is 2. The molecule has 4 rings (SSSR count). The second-order valence-corrected chi connectivity index (χ2v) is 9.04. The average molecular weight is 480 g/mol. The van der Waals surface area contributed by atoms with E-state index in [1.807, 2.05) is 48.5 Å². The minimum atomic E-state index is -1.36. The zero-order chi connectivity index (χ0) is 25.2. The van der Waals surface area contributed by atoms with Crippen LogP contribution in [0.15, 0.2) is 48.5 Å². The van der Waals surface area contributed by atoms with Crippen molar-refractivity contribution in [1.29, 1.82) is 0 Å². The Hall–Kier alpha value is -3.88. The molecule has 184 valence electrons. The highest BCUT2D eigenvalue weighted by Crippen LogP contribution is 2.44. The number of aliphatic carboxylic acids is 1. The van der Waals surface area contributed by atoms with E-state index < -0.39 is 41.9 Å². The van der Waals surface area contributed by atoms with E-state index in [1.165, 1.54) is 4.90 Å². The first-order chi connectivity index (χ1) is 16.7. The third-order valence-corrected chi connectivity index (χ3v) is 6.86. The predicted molar refractivity (Wildman–Crippen MR) is 128 cm³/mol. The molecule has 1 heterocycles. The van der Waals surface area contributed by atoms with E-state index in [-0.39, 0.29) is 32.0 Å². The minimum absolute atomic E-state index is 0.0988. The number of carbonyl (C=O) groups excluding carboxylic acids is 3. The van der Waals surface area contributed by atoms with Crippen molar-refractivity contribution < 1.29 is 29.0 Å². The number of carboxylic acids is 1. The highest BCUT2D eigenvalue weighted by atomic mass is 16.5. The molecule has 1 aliphatic carbocycles. The normalized spacial score (nSPS) is 18.6. The van der Waals surface area contributed by atoms with Gasteiger partial charge in [0.05, 0.1) is 6.42 Å². The standard InChI is InChI=1S/C26H29N3O6/c1-3-26(2,24(33)29-13-12-27-23(32)21(29)14-22(30)31)28-25(34)35-15-20-18-10-6-4-8-16(18)17-9-5-7-11-19(17)20/h4-11,20-21H,3,12-15H2,1-2H3,(H,27,32)(H,28,34)(H,30,31). The highest BCUT2D eigenvalue weighted by Gasteiger charge is 2.43. The van der Waals surface area contributed by atoms with Gasteiger partial charge in [0, 0.05) is 19.0 Å². The zero-order valence-corrected chi connectivity index (χ0v) is 19.7. The second-order valence-electron chi connectivity index (χ2n) is 9.04. The Bertz CT molecular complexity index is 1120. The Morgan fingerprint density at radius 1 is 1.11 bits per heavy atom. The number of carboxylic acid groups (broad SMARTS) is 1. The summed E-state index contributed by atoms with van der Waals surface area (Å²) in [6.07, 6.45) is -1.03. The van der Waals surface area contributed by atoms with Gasteiger partial charge in [0.25, 0.3) is 0 Å². The fraction of sp³-hybridized carbons (Fsp3) is 0.385. The molecule has 2 atom stereocenters. The van der Waals surface area contributed by atoms with E-state index in [0.29, 0.717) is 0 Å². The highest BCUT2D eigenvalue weighted by molar-refractivity contribution is 5.96.